The van der Waals surface area contributed by atoms with Crippen LogP contribution in [0, 0.1) is 58.2 Å². The van der Waals surface area contributed by atoms with Crippen molar-refractivity contribution in [1.29, 1.82) is 0 Å². The second kappa shape index (κ2) is 5.87. The molecule has 0 unspecified atom stereocenters. The van der Waals surface area contributed by atoms with E-state index in [2.05, 4.69) is 0 Å². The summed E-state index contributed by atoms with van der Waals surface area (Å²) in [6.07, 6.45) is 0. The summed E-state index contributed by atoms with van der Waals surface area (Å²) in [4.78, 5) is 0. The van der Waals surface area contributed by atoms with Gasteiger partial charge < -0.3 is 0 Å². The lowest BCUT2D eigenvalue weighted by molar-refractivity contribution is 0.382. The smallest absolute Gasteiger partial charge is 0.200 e. The molecule has 0 aromatic heterocycles. The van der Waals surface area contributed by atoms with Gasteiger partial charge in [-0.2, -0.15) is 0 Å². The molecule has 0 aliphatic rings. The first-order valence-corrected chi connectivity index (χ1v) is 6.39. The first-order valence-electron chi connectivity index (χ1n) is 5.39. The van der Waals surface area contributed by atoms with E-state index in [4.69, 9.17) is 0 Å². The second-order valence-corrected chi connectivity index (χ2v) is 5.26. The van der Waals surface area contributed by atoms with Gasteiger partial charge >= 0.3 is 0 Å². The molecular weight excluding hydrogens is 362 g/mol. The standard InChI is InChI=1S/C12F10Si/c13-1-3(15)7(19)11(8(20)4(1)16)23-12-9(21)5(17)2(14)6(18)10(12)22. The average molecular weight is 362 g/mol. The second-order valence-electron chi connectivity index (χ2n) is 4.01. The van der Waals surface area contributed by atoms with Gasteiger partial charge in [0.05, 0.1) is 0 Å². The van der Waals surface area contributed by atoms with Crippen molar-refractivity contribution < 1.29 is 43.9 Å². The van der Waals surface area contributed by atoms with Gasteiger partial charge in [-0.1, -0.05) is 0 Å². The summed E-state index contributed by atoms with van der Waals surface area (Å²) in [5.41, 5.74) is 0. The normalized spacial score (nSPS) is 11.2. The van der Waals surface area contributed by atoms with Crippen LogP contribution in [-0.2, 0) is 0 Å². The summed E-state index contributed by atoms with van der Waals surface area (Å²) in [5, 5.41) is -3.41. The summed E-state index contributed by atoms with van der Waals surface area (Å²) in [6.45, 7) is 0. The predicted octanol–water partition coefficient (Wildman–Crippen LogP) is 2.73. The third-order valence-corrected chi connectivity index (χ3v) is 4.05. The maximum absolute atomic E-state index is 13.4. The van der Waals surface area contributed by atoms with E-state index in [1.807, 2.05) is 0 Å². The summed E-state index contributed by atoms with van der Waals surface area (Å²) in [7, 11) is -2.04. The topological polar surface area (TPSA) is 0 Å². The minimum absolute atomic E-state index is 1.70. The summed E-state index contributed by atoms with van der Waals surface area (Å²) in [6, 6.07) is 0. The quantitative estimate of drug-likeness (QED) is 0.334. The molecule has 0 atom stereocenters. The highest BCUT2D eigenvalue weighted by atomic mass is 28.2. The molecule has 11 heteroatoms. The van der Waals surface area contributed by atoms with Gasteiger partial charge in [-0.3, -0.25) is 0 Å². The van der Waals surface area contributed by atoms with Gasteiger partial charge in [0, 0.05) is 10.4 Å². The van der Waals surface area contributed by atoms with Crippen molar-refractivity contribution in [3.63, 3.8) is 0 Å². The van der Waals surface area contributed by atoms with Crippen LogP contribution in [0.3, 0.4) is 0 Å². The monoisotopic (exact) mass is 362 g/mol. The van der Waals surface area contributed by atoms with Crippen LogP contribution in [-0.4, -0.2) is 9.52 Å². The minimum atomic E-state index is -2.52. The molecule has 23 heavy (non-hydrogen) atoms. The molecule has 0 aliphatic heterocycles. The lowest BCUT2D eigenvalue weighted by atomic mass is 10.3. The van der Waals surface area contributed by atoms with Crippen LogP contribution in [0.4, 0.5) is 43.9 Å². The van der Waals surface area contributed by atoms with Crippen molar-refractivity contribution in [3.8, 4) is 0 Å². The lowest BCUT2D eigenvalue weighted by Crippen LogP contribution is -2.39. The first kappa shape index (κ1) is 17.3. The molecule has 0 saturated heterocycles. The van der Waals surface area contributed by atoms with Crippen LogP contribution in [0.25, 0.3) is 0 Å². The van der Waals surface area contributed by atoms with Gasteiger partial charge in [0.15, 0.2) is 46.5 Å². The summed E-state index contributed by atoms with van der Waals surface area (Å²) < 4.78 is 131. The van der Waals surface area contributed by atoms with Crippen LogP contribution in [0.2, 0.25) is 0 Å². The fourth-order valence-corrected chi connectivity index (χ4v) is 2.68. The molecule has 0 bridgehead atoms. The molecule has 122 valence electrons. The minimum Gasteiger partial charge on any atom is -0.204 e. The van der Waals surface area contributed by atoms with E-state index >= 15 is 0 Å². The fourth-order valence-electron chi connectivity index (χ4n) is 1.55. The Labute approximate surface area is 123 Å². The van der Waals surface area contributed by atoms with E-state index in [-0.39, 0.29) is 0 Å². The molecule has 2 aromatic rings. The van der Waals surface area contributed by atoms with Crippen LogP contribution >= 0.6 is 0 Å². The fraction of sp³-hybridized carbons (Fsp3) is 0. The van der Waals surface area contributed by atoms with Crippen LogP contribution in [0.1, 0.15) is 0 Å². The molecule has 2 radical (unpaired) electrons. The number of halogens is 10. The molecule has 0 nitrogen and oxygen atoms in total. The van der Waals surface area contributed by atoms with E-state index < -0.39 is 78.1 Å². The highest BCUT2D eigenvalue weighted by Crippen LogP contribution is 2.18. The predicted molar refractivity (Wildman–Crippen MR) is 57.5 cm³/mol. The van der Waals surface area contributed by atoms with Crippen molar-refractivity contribution in [2.24, 2.45) is 0 Å². The van der Waals surface area contributed by atoms with Crippen molar-refractivity contribution in [1.82, 2.24) is 0 Å². The van der Waals surface area contributed by atoms with Gasteiger partial charge in [0.2, 0.25) is 11.6 Å². The largest absolute Gasteiger partial charge is 0.204 e. The Morgan fingerprint density at radius 3 is 0.696 bits per heavy atom. The van der Waals surface area contributed by atoms with Gasteiger partial charge in [0.25, 0.3) is 0 Å². The third kappa shape index (κ3) is 2.58. The lowest BCUT2D eigenvalue weighted by Gasteiger charge is -2.10. The Morgan fingerprint density at radius 1 is 0.304 bits per heavy atom. The summed E-state index contributed by atoms with van der Waals surface area (Å²) in [5.74, 6) is -24.4. The molecule has 0 aliphatic carbocycles. The maximum Gasteiger partial charge on any atom is 0.200 e. The molecule has 0 saturated carbocycles. The van der Waals surface area contributed by atoms with Gasteiger partial charge in [-0.05, 0) is 0 Å². The molecule has 0 heterocycles. The molecular formula is C12F10Si. The number of hydrogen-bond acceptors (Lipinski definition) is 0. The zero-order valence-electron chi connectivity index (χ0n) is 10.3. The van der Waals surface area contributed by atoms with E-state index in [9.17, 15) is 43.9 Å². The van der Waals surface area contributed by atoms with Crippen LogP contribution in [0.5, 0.6) is 0 Å². The zero-order valence-corrected chi connectivity index (χ0v) is 11.3. The molecule has 0 spiro atoms. The molecule has 2 aromatic carbocycles. The first-order chi connectivity index (χ1) is 10.6. The van der Waals surface area contributed by atoms with Crippen molar-refractivity contribution in [2.75, 3.05) is 0 Å². The maximum atomic E-state index is 13.4. The highest BCUT2D eigenvalue weighted by molar-refractivity contribution is 6.67. The van der Waals surface area contributed by atoms with Crippen molar-refractivity contribution in [2.45, 2.75) is 0 Å². The Morgan fingerprint density at radius 2 is 0.478 bits per heavy atom. The Bertz CT molecular complexity index is 691. The molecule has 0 fully saturated rings. The summed E-state index contributed by atoms with van der Waals surface area (Å²) >= 11 is 0. The van der Waals surface area contributed by atoms with Crippen molar-refractivity contribution >= 4 is 19.9 Å². The Balaban J connectivity index is 2.71. The van der Waals surface area contributed by atoms with E-state index in [1.54, 1.807) is 0 Å². The van der Waals surface area contributed by atoms with Gasteiger partial charge in [-0.15, -0.1) is 0 Å². The van der Waals surface area contributed by atoms with E-state index in [0.717, 1.165) is 0 Å². The van der Waals surface area contributed by atoms with E-state index in [1.165, 1.54) is 0 Å². The highest BCUT2D eigenvalue weighted by Gasteiger charge is 2.31. The van der Waals surface area contributed by atoms with Crippen LogP contribution in [0.15, 0.2) is 0 Å². The van der Waals surface area contributed by atoms with Gasteiger partial charge in [-0.25, -0.2) is 43.9 Å². The van der Waals surface area contributed by atoms with E-state index in [0.29, 0.717) is 0 Å². The van der Waals surface area contributed by atoms with Crippen LogP contribution < -0.4 is 10.4 Å². The van der Waals surface area contributed by atoms with Crippen molar-refractivity contribution in [3.05, 3.63) is 58.2 Å². The number of hydrogen-bond donors (Lipinski definition) is 0. The Hall–Kier alpha value is -2.04. The number of rotatable bonds is 2. The zero-order chi connectivity index (χ0) is 17.6. The van der Waals surface area contributed by atoms with Gasteiger partial charge in [0.1, 0.15) is 9.52 Å². The third-order valence-electron chi connectivity index (χ3n) is 2.67. The Kier molecular flexibility index (Phi) is 4.42. The SMILES string of the molecule is Fc1c(F)c(F)c([Si]c2c(F)c(F)c(F)c(F)c2F)c(F)c1F. The molecule has 2 rings (SSSR count). The number of benzene rings is 2. The molecule has 0 amide bonds. The average Bonchev–Trinajstić information content (AvgIpc) is 2.54. The molecule has 0 N–H and O–H groups in total.